The van der Waals surface area contributed by atoms with Crippen molar-refractivity contribution < 1.29 is 13.2 Å². The minimum absolute atomic E-state index is 0.00251. The summed E-state index contributed by atoms with van der Waals surface area (Å²) in [6.45, 7) is 2.92. The van der Waals surface area contributed by atoms with Crippen molar-refractivity contribution in [2.24, 2.45) is 0 Å². The second-order valence-corrected chi connectivity index (χ2v) is 7.64. The largest absolute Gasteiger partial charge is 0.383 e. The van der Waals surface area contributed by atoms with Crippen LogP contribution in [0.5, 0.6) is 0 Å². The maximum atomic E-state index is 12.1. The van der Waals surface area contributed by atoms with Crippen molar-refractivity contribution in [1.29, 1.82) is 0 Å². The molecule has 2 aliphatic rings. The van der Waals surface area contributed by atoms with Crippen LogP contribution < -0.4 is 4.90 Å². The zero-order valence-corrected chi connectivity index (χ0v) is 12.9. The number of fused-ring (bicyclic) bond motifs is 1. The number of anilines is 1. The Hall–Kier alpha value is -1.25. The molecule has 1 aromatic rings. The minimum Gasteiger partial charge on any atom is -0.383 e. The number of hydrogen-bond acceptors (Lipinski definition) is 7. The van der Waals surface area contributed by atoms with Crippen LogP contribution in [0.4, 0.5) is 5.95 Å². The number of aromatic nitrogens is 2. The molecule has 2 saturated heterocycles. The van der Waals surface area contributed by atoms with Gasteiger partial charge in [-0.1, -0.05) is 0 Å². The van der Waals surface area contributed by atoms with Crippen LogP contribution in [0, 0.1) is 0 Å². The molecule has 0 unspecified atom stereocenters. The molecule has 0 aliphatic carbocycles. The lowest BCUT2D eigenvalue weighted by atomic mass is 10.1. The van der Waals surface area contributed by atoms with Gasteiger partial charge in [0.05, 0.1) is 24.2 Å². The summed E-state index contributed by atoms with van der Waals surface area (Å²) in [5.74, 6) is 1.01. The molecule has 0 N–H and O–H groups in total. The van der Waals surface area contributed by atoms with Gasteiger partial charge in [-0.2, -0.15) is 0 Å². The Morgan fingerprint density at radius 2 is 1.95 bits per heavy atom. The summed E-state index contributed by atoms with van der Waals surface area (Å²) >= 11 is 0. The van der Waals surface area contributed by atoms with Gasteiger partial charge in [-0.05, 0) is 6.07 Å². The monoisotopic (exact) mass is 312 g/mol. The van der Waals surface area contributed by atoms with E-state index in [-0.39, 0.29) is 23.6 Å². The van der Waals surface area contributed by atoms with Crippen molar-refractivity contribution in [3.63, 3.8) is 0 Å². The molecule has 0 radical (unpaired) electrons. The Labute approximate surface area is 124 Å². The van der Waals surface area contributed by atoms with Gasteiger partial charge in [0.15, 0.2) is 9.84 Å². The summed E-state index contributed by atoms with van der Waals surface area (Å²) in [7, 11) is -1.34. The van der Waals surface area contributed by atoms with Gasteiger partial charge < -0.3 is 9.64 Å². The number of piperazine rings is 1. The van der Waals surface area contributed by atoms with Gasteiger partial charge in [-0.15, -0.1) is 0 Å². The van der Waals surface area contributed by atoms with Crippen LogP contribution in [0.2, 0.25) is 0 Å². The van der Waals surface area contributed by atoms with Crippen LogP contribution in [-0.4, -0.2) is 80.2 Å². The summed E-state index contributed by atoms with van der Waals surface area (Å²) in [6, 6.07) is 1.70. The minimum atomic E-state index is -3.01. The number of hydrogen-bond donors (Lipinski definition) is 0. The van der Waals surface area contributed by atoms with Gasteiger partial charge in [-0.25, -0.2) is 18.4 Å². The highest BCUT2D eigenvalue weighted by Gasteiger charge is 2.47. The first-order valence-electron chi connectivity index (χ1n) is 7.08. The average molecular weight is 312 g/mol. The quantitative estimate of drug-likeness (QED) is 0.735. The molecule has 0 saturated carbocycles. The molecule has 0 bridgehead atoms. The highest BCUT2D eigenvalue weighted by molar-refractivity contribution is 7.91. The van der Waals surface area contributed by atoms with Crippen LogP contribution in [0.25, 0.3) is 0 Å². The van der Waals surface area contributed by atoms with Crippen molar-refractivity contribution in [1.82, 2.24) is 14.9 Å². The first-order chi connectivity index (χ1) is 10.1. The van der Waals surface area contributed by atoms with Crippen LogP contribution in [-0.2, 0) is 14.6 Å². The lowest BCUT2D eigenvalue weighted by molar-refractivity contribution is 0.107. The van der Waals surface area contributed by atoms with E-state index in [1.807, 2.05) is 4.90 Å². The lowest BCUT2D eigenvalue weighted by Crippen LogP contribution is -2.60. The first-order valence-corrected chi connectivity index (χ1v) is 8.90. The zero-order chi connectivity index (χ0) is 14.9. The number of methoxy groups -OCH3 is 1. The second kappa shape index (κ2) is 5.86. The third-order valence-corrected chi connectivity index (χ3v) is 5.88. The van der Waals surface area contributed by atoms with Gasteiger partial charge in [-0.3, -0.25) is 4.90 Å². The fourth-order valence-corrected chi connectivity index (χ4v) is 5.21. The third kappa shape index (κ3) is 3.02. The molecule has 116 valence electrons. The van der Waals surface area contributed by atoms with E-state index in [1.165, 1.54) is 0 Å². The maximum absolute atomic E-state index is 12.1. The lowest BCUT2D eigenvalue weighted by Gasteiger charge is -2.43. The topological polar surface area (TPSA) is 75.6 Å². The third-order valence-electron chi connectivity index (χ3n) is 4.18. The van der Waals surface area contributed by atoms with Gasteiger partial charge in [0.25, 0.3) is 0 Å². The molecular formula is C13H20N4O3S. The van der Waals surface area contributed by atoms with E-state index in [2.05, 4.69) is 14.9 Å². The molecule has 3 heterocycles. The number of nitrogens with zero attached hydrogens (tertiary/aromatic N) is 4. The van der Waals surface area contributed by atoms with Crippen molar-refractivity contribution in [2.75, 3.05) is 49.8 Å². The van der Waals surface area contributed by atoms with Crippen LogP contribution in [0.15, 0.2) is 18.5 Å². The van der Waals surface area contributed by atoms with Crippen LogP contribution in [0.1, 0.15) is 0 Å². The molecular weight excluding hydrogens is 292 g/mol. The molecule has 21 heavy (non-hydrogen) atoms. The fourth-order valence-electron chi connectivity index (χ4n) is 3.20. The molecule has 7 nitrogen and oxygen atoms in total. The number of ether oxygens (including phenoxy) is 1. The predicted molar refractivity (Wildman–Crippen MR) is 79.1 cm³/mol. The molecule has 2 atom stereocenters. The van der Waals surface area contributed by atoms with Crippen molar-refractivity contribution in [3.05, 3.63) is 18.5 Å². The molecule has 2 aliphatic heterocycles. The van der Waals surface area contributed by atoms with E-state index < -0.39 is 9.84 Å². The van der Waals surface area contributed by atoms with E-state index in [4.69, 9.17) is 4.74 Å². The highest BCUT2D eigenvalue weighted by Crippen LogP contribution is 2.28. The van der Waals surface area contributed by atoms with Crippen LogP contribution in [0.3, 0.4) is 0 Å². The summed E-state index contributed by atoms with van der Waals surface area (Å²) in [5, 5.41) is 0. The molecule has 0 spiro atoms. The Morgan fingerprint density at radius 3 is 2.67 bits per heavy atom. The summed E-state index contributed by atoms with van der Waals surface area (Å²) in [4.78, 5) is 12.8. The highest BCUT2D eigenvalue weighted by atomic mass is 32.2. The van der Waals surface area contributed by atoms with Crippen molar-refractivity contribution in [3.8, 4) is 0 Å². The average Bonchev–Trinajstić information content (AvgIpc) is 2.80. The smallest absolute Gasteiger partial charge is 0.225 e. The van der Waals surface area contributed by atoms with Crippen LogP contribution >= 0.6 is 0 Å². The number of rotatable bonds is 4. The molecule has 2 fully saturated rings. The second-order valence-electron chi connectivity index (χ2n) is 5.48. The zero-order valence-electron chi connectivity index (χ0n) is 12.1. The van der Waals surface area contributed by atoms with E-state index in [0.29, 0.717) is 12.6 Å². The van der Waals surface area contributed by atoms with Gasteiger partial charge >= 0.3 is 0 Å². The van der Waals surface area contributed by atoms with Crippen molar-refractivity contribution in [2.45, 2.75) is 12.1 Å². The standard InChI is InChI=1S/C13H20N4O3S/c1-20-8-7-16-5-6-17(13-14-3-2-4-15-13)12-10-21(18,19)9-11(12)16/h2-4,11-12H,5-10H2,1H3/t11-,12+/m0/s1. The van der Waals surface area contributed by atoms with Gasteiger partial charge in [0, 0.05) is 45.2 Å². The Kier molecular flexibility index (Phi) is 4.10. The molecule has 0 aromatic carbocycles. The molecule has 3 rings (SSSR count). The summed E-state index contributed by atoms with van der Waals surface area (Å²) in [6.07, 6.45) is 3.39. The maximum Gasteiger partial charge on any atom is 0.225 e. The Bertz CT molecular complexity index is 580. The Balaban J connectivity index is 1.84. The fraction of sp³-hybridized carbons (Fsp3) is 0.692. The Morgan fingerprint density at radius 1 is 1.24 bits per heavy atom. The molecule has 1 aromatic heterocycles. The molecule has 8 heteroatoms. The van der Waals surface area contributed by atoms with E-state index >= 15 is 0 Å². The van der Waals surface area contributed by atoms with E-state index in [0.717, 1.165) is 19.6 Å². The SMILES string of the molecule is COCCN1CCN(c2ncccn2)[C@@H]2CS(=O)(=O)C[C@@H]21. The molecule has 0 amide bonds. The van der Waals surface area contributed by atoms with Crippen molar-refractivity contribution >= 4 is 15.8 Å². The van der Waals surface area contributed by atoms with E-state index in [9.17, 15) is 8.42 Å². The normalized spacial score (nSPS) is 28.5. The summed E-state index contributed by atoms with van der Waals surface area (Å²) in [5.41, 5.74) is 0. The van der Waals surface area contributed by atoms with Gasteiger partial charge in [0.1, 0.15) is 0 Å². The number of sulfone groups is 1. The van der Waals surface area contributed by atoms with E-state index in [1.54, 1.807) is 25.6 Å². The summed E-state index contributed by atoms with van der Waals surface area (Å²) < 4.78 is 29.3. The van der Waals surface area contributed by atoms with Gasteiger partial charge in [0.2, 0.25) is 5.95 Å². The predicted octanol–water partition coefficient (Wildman–Crippen LogP) is -0.589. The first kappa shape index (κ1) is 14.7.